The van der Waals surface area contributed by atoms with E-state index in [2.05, 4.69) is 55.4 Å². The van der Waals surface area contributed by atoms with Gasteiger partial charge in [0.2, 0.25) is 17.7 Å². The van der Waals surface area contributed by atoms with Gasteiger partial charge in [-0.05, 0) is 24.1 Å². The van der Waals surface area contributed by atoms with Crippen molar-refractivity contribution >= 4 is 22.9 Å². The Labute approximate surface area is 253 Å². The van der Waals surface area contributed by atoms with E-state index in [1.54, 1.807) is 10.9 Å². The van der Waals surface area contributed by atoms with E-state index in [0.29, 0.717) is 41.8 Å². The van der Waals surface area contributed by atoms with Gasteiger partial charge >= 0.3 is 0 Å². The number of imidazole rings is 1. The molecule has 5 N–H and O–H groups in total. The van der Waals surface area contributed by atoms with Gasteiger partial charge in [0.1, 0.15) is 12.2 Å². The summed E-state index contributed by atoms with van der Waals surface area (Å²) >= 11 is 0. The van der Waals surface area contributed by atoms with Gasteiger partial charge in [-0.15, -0.1) is 10.2 Å². The molecule has 13 nitrogen and oxygen atoms in total. The average molecular weight is 598 g/mol. The first-order valence-electron chi connectivity index (χ1n) is 15.0. The van der Waals surface area contributed by atoms with E-state index in [9.17, 15) is 10.2 Å². The third-order valence-electron chi connectivity index (χ3n) is 8.23. The van der Waals surface area contributed by atoms with Crippen LogP contribution in [0, 0.1) is 0 Å². The molecule has 1 unspecified atom stereocenters. The number of fused-ring (bicyclic) bond motifs is 1. The lowest BCUT2D eigenvalue weighted by Gasteiger charge is -2.20. The van der Waals surface area contributed by atoms with Crippen LogP contribution in [0.1, 0.15) is 54.5 Å². The molecule has 13 heteroatoms. The number of benzene rings is 2. The molecule has 2 aliphatic heterocycles. The maximum atomic E-state index is 11.1. The van der Waals surface area contributed by atoms with Crippen molar-refractivity contribution in [3.05, 3.63) is 89.9 Å². The predicted octanol–water partition coefficient (Wildman–Crippen LogP) is 2.78. The number of hydrogen-bond acceptors (Lipinski definition) is 12. The van der Waals surface area contributed by atoms with Crippen molar-refractivity contribution < 1.29 is 19.4 Å². The molecule has 44 heavy (non-hydrogen) atoms. The number of hydrogen-bond donors (Lipinski definition) is 5. The van der Waals surface area contributed by atoms with Crippen LogP contribution in [0.25, 0.3) is 11.2 Å². The molecule has 2 fully saturated rings. The quantitative estimate of drug-likeness (QED) is 0.160. The van der Waals surface area contributed by atoms with Crippen molar-refractivity contribution in [1.29, 1.82) is 0 Å². The van der Waals surface area contributed by atoms with Crippen molar-refractivity contribution in [2.45, 2.75) is 56.3 Å². The second kappa shape index (κ2) is 12.3. The Balaban J connectivity index is 1.23. The Morgan fingerprint density at radius 2 is 1.75 bits per heavy atom. The van der Waals surface area contributed by atoms with Gasteiger partial charge in [0, 0.05) is 31.5 Å². The molecular weight excluding hydrogens is 562 g/mol. The largest absolute Gasteiger partial charge is 0.422 e. The van der Waals surface area contributed by atoms with Gasteiger partial charge in [0.05, 0.1) is 6.33 Å². The topological polar surface area (TPSA) is 168 Å². The second-order valence-corrected chi connectivity index (χ2v) is 11.1. The summed E-state index contributed by atoms with van der Waals surface area (Å²) < 4.78 is 13.4. The number of anilines is 2. The van der Waals surface area contributed by atoms with Crippen molar-refractivity contribution in [2.75, 3.05) is 30.3 Å². The summed E-state index contributed by atoms with van der Waals surface area (Å²) in [5.74, 6) is 1.57. The van der Waals surface area contributed by atoms with Gasteiger partial charge in [-0.25, -0.2) is 4.98 Å². The van der Waals surface area contributed by atoms with Crippen molar-refractivity contribution in [2.24, 2.45) is 0 Å². The molecule has 5 aromatic rings. The molecule has 3 aromatic heterocycles. The first-order valence-corrected chi connectivity index (χ1v) is 15.0. The van der Waals surface area contributed by atoms with E-state index < -0.39 is 24.5 Å². The predicted molar refractivity (Wildman–Crippen MR) is 162 cm³/mol. The number of nitrogens with zero attached hydrogens (tertiary/aromatic N) is 6. The molecule has 0 amide bonds. The number of aliphatic hydroxyl groups is 2. The first kappa shape index (κ1) is 28.3. The summed E-state index contributed by atoms with van der Waals surface area (Å²) in [5, 5.41) is 40.3. The van der Waals surface area contributed by atoms with Crippen LogP contribution in [-0.2, 0) is 11.2 Å². The van der Waals surface area contributed by atoms with Gasteiger partial charge < -0.3 is 35.3 Å². The first-order chi connectivity index (χ1) is 21.6. The summed E-state index contributed by atoms with van der Waals surface area (Å²) in [4.78, 5) is 14.3. The zero-order valence-corrected chi connectivity index (χ0v) is 24.2. The van der Waals surface area contributed by atoms with Crippen molar-refractivity contribution in [3.8, 4) is 0 Å². The Hall–Kier alpha value is -4.43. The fraction of sp³-hybridized carbons (Fsp3) is 0.387. The number of aromatic nitrogens is 6. The molecule has 0 saturated carbocycles. The maximum absolute atomic E-state index is 11.1. The smallest absolute Gasteiger partial charge is 0.248 e. The molecule has 0 spiro atoms. The third-order valence-corrected chi connectivity index (χ3v) is 8.23. The zero-order valence-electron chi connectivity index (χ0n) is 24.2. The van der Waals surface area contributed by atoms with E-state index in [0.717, 1.165) is 19.5 Å². The molecule has 2 aliphatic rings. The van der Waals surface area contributed by atoms with E-state index >= 15 is 0 Å². The second-order valence-electron chi connectivity index (χ2n) is 11.1. The van der Waals surface area contributed by atoms with Crippen LogP contribution in [0.2, 0.25) is 0 Å². The summed E-state index contributed by atoms with van der Waals surface area (Å²) in [6.07, 6.45) is -1.55. The molecule has 0 radical (unpaired) electrons. The Kier molecular flexibility index (Phi) is 7.91. The van der Waals surface area contributed by atoms with Crippen molar-refractivity contribution in [1.82, 2.24) is 35.0 Å². The van der Waals surface area contributed by atoms with Crippen LogP contribution >= 0.6 is 0 Å². The van der Waals surface area contributed by atoms with E-state index in [4.69, 9.17) is 19.1 Å². The lowest BCUT2D eigenvalue weighted by atomic mass is 9.91. The van der Waals surface area contributed by atoms with Crippen molar-refractivity contribution in [3.63, 3.8) is 0 Å². The number of ether oxygens (including phenoxy) is 1. The van der Waals surface area contributed by atoms with Gasteiger partial charge in [-0.3, -0.25) is 4.57 Å². The lowest BCUT2D eigenvalue weighted by molar-refractivity contribution is -0.0439. The molecular formula is C31H35N9O4. The van der Waals surface area contributed by atoms with Crippen LogP contribution in [0.5, 0.6) is 0 Å². The SMILES string of the molecule is CCc1nnc([C@H]2O[C@@H](n3cnc4c(NCC(c5ccccc5)c5ccccc5)nc(NC5CCNC5)nc43)[C@H](O)[C@@H]2O)o1. The Bertz CT molecular complexity index is 1650. The maximum Gasteiger partial charge on any atom is 0.248 e. The fourth-order valence-corrected chi connectivity index (χ4v) is 5.87. The molecule has 7 rings (SSSR count). The summed E-state index contributed by atoms with van der Waals surface area (Å²) in [6.45, 7) is 4.15. The lowest BCUT2D eigenvalue weighted by Crippen LogP contribution is -2.29. The van der Waals surface area contributed by atoms with Gasteiger partial charge in [-0.1, -0.05) is 67.6 Å². The van der Waals surface area contributed by atoms with E-state index in [1.165, 1.54) is 11.1 Å². The number of nitrogens with one attached hydrogen (secondary N) is 3. The minimum Gasteiger partial charge on any atom is -0.422 e. The molecule has 2 saturated heterocycles. The summed E-state index contributed by atoms with van der Waals surface area (Å²) in [6, 6.07) is 20.8. The van der Waals surface area contributed by atoms with Gasteiger partial charge in [-0.2, -0.15) is 9.97 Å². The summed E-state index contributed by atoms with van der Waals surface area (Å²) in [7, 11) is 0. The van der Waals surface area contributed by atoms with Crippen LogP contribution in [0.3, 0.4) is 0 Å². The molecule has 0 bridgehead atoms. The third kappa shape index (κ3) is 5.50. The Morgan fingerprint density at radius 3 is 2.41 bits per heavy atom. The van der Waals surface area contributed by atoms with Crippen LogP contribution in [0.4, 0.5) is 11.8 Å². The zero-order chi connectivity index (χ0) is 30.0. The average Bonchev–Trinajstić information content (AvgIpc) is 3.87. The molecule has 0 aliphatic carbocycles. The van der Waals surface area contributed by atoms with Crippen LogP contribution in [-0.4, -0.2) is 77.8 Å². The van der Waals surface area contributed by atoms with E-state index in [1.807, 2.05) is 43.3 Å². The van der Waals surface area contributed by atoms with Gasteiger partial charge in [0.15, 0.2) is 29.3 Å². The number of aryl methyl sites for hydroxylation is 1. The molecule has 2 aromatic carbocycles. The number of aliphatic hydroxyl groups excluding tert-OH is 2. The van der Waals surface area contributed by atoms with Gasteiger partial charge in [0.25, 0.3) is 0 Å². The van der Waals surface area contributed by atoms with Crippen LogP contribution in [0.15, 0.2) is 71.4 Å². The normalized spacial score (nSPS) is 23.5. The highest BCUT2D eigenvalue weighted by atomic mass is 16.6. The molecule has 5 atom stereocenters. The standard InChI is InChI=1S/C31H35N9O4/c1-2-22-38-39-29(43-22)26-24(41)25(42)30(44-26)40-17-34-23-27(36-31(37-28(23)40)35-20-13-14-32-15-20)33-16-21(18-9-5-3-6-10-18)19-11-7-4-8-12-19/h3-12,17,20-21,24-26,30,32,41-42H,2,13-16H2,1H3,(H2,33,35,36,37)/t20?,24-,25+,26-,30+/m0/s1. The highest BCUT2D eigenvalue weighted by Crippen LogP contribution is 2.40. The monoisotopic (exact) mass is 597 g/mol. The number of rotatable bonds is 10. The summed E-state index contributed by atoms with van der Waals surface area (Å²) in [5.41, 5.74) is 3.31. The Morgan fingerprint density at radius 1 is 1.00 bits per heavy atom. The van der Waals surface area contributed by atoms with Crippen LogP contribution < -0.4 is 16.0 Å². The minimum atomic E-state index is -1.29. The molecule has 5 heterocycles. The highest BCUT2D eigenvalue weighted by Gasteiger charge is 2.47. The molecule has 228 valence electrons. The fourth-order valence-electron chi connectivity index (χ4n) is 5.87. The van der Waals surface area contributed by atoms with E-state index in [-0.39, 0.29) is 17.9 Å². The minimum absolute atomic E-state index is 0.0539. The highest BCUT2D eigenvalue weighted by molar-refractivity contribution is 5.84.